The van der Waals surface area contributed by atoms with E-state index in [1.807, 2.05) is 29.2 Å². The van der Waals surface area contributed by atoms with Gasteiger partial charge in [0, 0.05) is 44.0 Å². The molecule has 0 unspecified atom stereocenters. The topological polar surface area (TPSA) is 129 Å². The Labute approximate surface area is 268 Å². The fourth-order valence-corrected chi connectivity index (χ4v) is 6.46. The summed E-state index contributed by atoms with van der Waals surface area (Å²) < 4.78 is 36.7. The Morgan fingerprint density at radius 1 is 1.04 bits per heavy atom. The van der Waals surface area contributed by atoms with Crippen molar-refractivity contribution >= 4 is 34.2 Å². The minimum absolute atomic E-state index is 0.0478. The Bertz CT molecular complexity index is 1470. The molecule has 0 atom stereocenters. The van der Waals surface area contributed by atoms with Crippen LogP contribution in [0.1, 0.15) is 68.7 Å². The van der Waals surface area contributed by atoms with Gasteiger partial charge in [-0.05, 0) is 84.7 Å². The number of nitrogens with one attached hydrogen (secondary N) is 3. The molecule has 5 rings (SSSR count). The van der Waals surface area contributed by atoms with E-state index in [-0.39, 0.29) is 17.9 Å². The molecule has 3 N–H and O–H groups in total. The fourth-order valence-electron chi connectivity index (χ4n) is 6.16. The second-order valence-electron chi connectivity index (χ2n) is 13.3. The molecule has 1 saturated heterocycles. The summed E-state index contributed by atoms with van der Waals surface area (Å²) in [7, 11) is -1.29. The summed E-state index contributed by atoms with van der Waals surface area (Å²) in [5.41, 5.74) is 4.73. The van der Waals surface area contributed by atoms with Crippen molar-refractivity contribution in [2.75, 3.05) is 57.1 Å². The van der Waals surface area contributed by atoms with Crippen LogP contribution < -0.4 is 24.8 Å². The molecule has 0 spiro atoms. The Morgan fingerprint density at radius 3 is 2.49 bits per heavy atom. The van der Waals surface area contributed by atoms with E-state index in [4.69, 9.17) is 9.47 Å². The first-order chi connectivity index (χ1) is 21.5. The van der Waals surface area contributed by atoms with Gasteiger partial charge in [0.15, 0.2) is 0 Å². The van der Waals surface area contributed by atoms with Gasteiger partial charge in [0.2, 0.25) is 16.8 Å². The number of carbonyl (C=O) groups excluding carboxylic acids is 2. The number of methoxy groups -OCH3 is 1. The van der Waals surface area contributed by atoms with E-state index in [0.717, 1.165) is 85.9 Å². The van der Waals surface area contributed by atoms with Crippen LogP contribution >= 0.6 is 0 Å². The van der Waals surface area contributed by atoms with Crippen LogP contribution in [0.5, 0.6) is 11.5 Å². The number of benzene rings is 2. The summed E-state index contributed by atoms with van der Waals surface area (Å²) >= 11 is 0. The van der Waals surface area contributed by atoms with E-state index in [1.54, 1.807) is 0 Å². The van der Waals surface area contributed by atoms with Crippen molar-refractivity contribution in [3.63, 3.8) is 0 Å². The molecule has 0 radical (unpaired) electrons. The number of carbonyl (C=O) groups is 2. The number of anilines is 2. The van der Waals surface area contributed by atoms with Crippen LogP contribution in [-0.2, 0) is 40.5 Å². The van der Waals surface area contributed by atoms with Gasteiger partial charge in [0.05, 0.1) is 25.9 Å². The molecule has 1 saturated carbocycles. The zero-order valence-electron chi connectivity index (χ0n) is 26.9. The number of fused-ring (bicyclic) bond motifs is 1. The summed E-state index contributed by atoms with van der Waals surface area (Å²) in [5.74, 6) is 2.23. The van der Waals surface area contributed by atoms with Crippen molar-refractivity contribution in [2.45, 2.75) is 71.3 Å². The van der Waals surface area contributed by atoms with Crippen molar-refractivity contribution in [1.82, 2.24) is 14.5 Å². The van der Waals surface area contributed by atoms with E-state index in [1.165, 1.54) is 20.0 Å². The highest BCUT2D eigenvalue weighted by Crippen LogP contribution is 2.38. The molecule has 1 heterocycles. The number of hydrogen-bond acceptors (Lipinski definition) is 7. The summed E-state index contributed by atoms with van der Waals surface area (Å²) in [6, 6.07) is 7.16. The van der Waals surface area contributed by atoms with Crippen molar-refractivity contribution in [3.05, 3.63) is 46.5 Å². The minimum Gasteiger partial charge on any atom is -0.494 e. The van der Waals surface area contributed by atoms with Crippen molar-refractivity contribution in [2.24, 2.45) is 5.92 Å². The van der Waals surface area contributed by atoms with Crippen molar-refractivity contribution in [1.29, 1.82) is 0 Å². The molecular weight excluding hydrogens is 594 g/mol. The van der Waals surface area contributed by atoms with Crippen LogP contribution in [0, 0.1) is 5.92 Å². The van der Waals surface area contributed by atoms with Crippen LogP contribution in [0.3, 0.4) is 0 Å². The lowest BCUT2D eigenvalue weighted by atomic mass is 9.85. The molecule has 2 fully saturated rings. The van der Waals surface area contributed by atoms with Gasteiger partial charge in [0.25, 0.3) is 0 Å². The molecule has 2 aliphatic carbocycles. The Kier molecular flexibility index (Phi) is 10.6. The highest BCUT2D eigenvalue weighted by atomic mass is 32.2. The number of hydrogen-bond donors (Lipinski definition) is 4. The molecule has 11 nitrogen and oxygen atoms in total. The zero-order valence-corrected chi connectivity index (χ0v) is 27.8. The van der Waals surface area contributed by atoms with E-state index in [0.29, 0.717) is 30.2 Å². The first-order valence-corrected chi connectivity index (χ1v) is 17.1. The molecule has 246 valence electrons. The molecule has 3 aliphatic rings. The molecule has 2 aromatic rings. The second kappa shape index (κ2) is 14.4. The van der Waals surface area contributed by atoms with Gasteiger partial charge >= 0.3 is 6.03 Å². The number of ether oxygens (including phenoxy) is 2. The number of piperazine rings is 1. The van der Waals surface area contributed by atoms with Crippen molar-refractivity contribution in [3.8, 4) is 11.5 Å². The summed E-state index contributed by atoms with van der Waals surface area (Å²) in [4.78, 5) is 30.0. The number of rotatable bonds is 13. The average molecular weight is 642 g/mol. The maximum atomic E-state index is 13.3. The second-order valence-corrected chi connectivity index (χ2v) is 14.2. The number of amides is 3. The summed E-state index contributed by atoms with van der Waals surface area (Å²) in [6.07, 6.45) is 6.08. The van der Waals surface area contributed by atoms with Crippen LogP contribution in [0.4, 0.5) is 16.2 Å². The summed E-state index contributed by atoms with van der Waals surface area (Å²) in [5, 5.41) is 5.95. The average Bonchev–Trinajstić information content (AvgIpc) is 3.66. The summed E-state index contributed by atoms with van der Waals surface area (Å²) in [6.45, 7) is 10.8. The molecule has 3 amide bonds. The Morgan fingerprint density at radius 2 is 1.80 bits per heavy atom. The van der Waals surface area contributed by atoms with E-state index >= 15 is 0 Å². The van der Waals surface area contributed by atoms with Gasteiger partial charge in [-0.15, -0.1) is 0 Å². The third-order valence-electron chi connectivity index (χ3n) is 8.82. The normalized spacial score (nSPS) is 17.0. The van der Waals surface area contributed by atoms with Crippen LogP contribution in [0.15, 0.2) is 24.3 Å². The number of nitrogens with zero attached hydrogens (tertiary/aromatic N) is 2. The monoisotopic (exact) mass is 641 g/mol. The molecule has 1 aliphatic heterocycles. The standard InChI is InChI=1S/C33H47N5O6S/c1-33(2,3)24-17-23(19-34-45(41)42)31(43-4)28(18-24)36-32(40)35-27-11-12-29(26-8-5-7-25(26)27)44-16-6-13-37-14-15-38(30(39)21-37)20-22-9-10-22/h11-12,17-18,22,45H,5-10,13-16,19-21H2,1-4H3,(H,34,41,42)(H2,35,36,40). The van der Waals surface area contributed by atoms with Gasteiger partial charge in [-0.3, -0.25) is 9.69 Å². The third kappa shape index (κ3) is 8.68. The van der Waals surface area contributed by atoms with Crippen LogP contribution in [0.25, 0.3) is 0 Å². The van der Waals surface area contributed by atoms with Crippen LogP contribution in [0.2, 0.25) is 0 Å². The lowest BCUT2D eigenvalue weighted by Crippen LogP contribution is -2.51. The molecule has 12 heteroatoms. The van der Waals surface area contributed by atoms with Gasteiger partial charge in [0.1, 0.15) is 11.5 Å². The molecule has 0 bridgehead atoms. The van der Waals surface area contributed by atoms with E-state index < -0.39 is 16.9 Å². The highest BCUT2D eigenvalue weighted by molar-refractivity contribution is 7.70. The quantitative estimate of drug-likeness (QED) is 0.192. The lowest BCUT2D eigenvalue weighted by Gasteiger charge is -2.34. The molecular formula is C33H47N5O6S. The van der Waals surface area contributed by atoms with E-state index in [9.17, 15) is 18.0 Å². The first kappa shape index (κ1) is 33.0. The third-order valence-corrected chi connectivity index (χ3v) is 9.24. The molecule has 45 heavy (non-hydrogen) atoms. The molecule has 0 aromatic heterocycles. The van der Waals surface area contributed by atoms with Crippen molar-refractivity contribution < 1.29 is 27.5 Å². The number of urea groups is 1. The zero-order chi connectivity index (χ0) is 32.1. The Balaban J connectivity index is 1.19. The fraction of sp³-hybridized carbons (Fsp3) is 0.576. The maximum absolute atomic E-state index is 13.3. The SMILES string of the molecule is COc1c(CN[SH](=O)=O)cc(C(C)(C)C)cc1NC(=O)Nc1ccc(OCCCN2CCN(CC3CC3)C(=O)C2)c2c1CCC2. The maximum Gasteiger partial charge on any atom is 0.323 e. The van der Waals surface area contributed by atoms with Gasteiger partial charge in [-0.1, -0.05) is 26.8 Å². The number of thiol groups is 1. The minimum atomic E-state index is -2.79. The molecule has 2 aromatic carbocycles. The highest BCUT2D eigenvalue weighted by Gasteiger charge is 2.30. The van der Waals surface area contributed by atoms with Gasteiger partial charge in [-0.25, -0.2) is 17.9 Å². The predicted octanol–water partition coefficient (Wildman–Crippen LogP) is 4.06. The van der Waals surface area contributed by atoms with Gasteiger partial charge < -0.3 is 25.0 Å². The largest absolute Gasteiger partial charge is 0.494 e. The smallest absolute Gasteiger partial charge is 0.323 e. The van der Waals surface area contributed by atoms with Crippen LogP contribution in [-0.4, -0.2) is 76.6 Å². The Hall–Kier alpha value is -3.35. The first-order valence-electron chi connectivity index (χ1n) is 16.0. The van der Waals surface area contributed by atoms with Gasteiger partial charge in [-0.2, -0.15) is 0 Å². The van der Waals surface area contributed by atoms with E-state index in [2.05, 4.69) is 41.0 Å². The lowest BCUT2D eigenvalue weighted by molar-refractivity contribution is -0.136. The predicted molar refractivity (Wildman–Crippen MR) is 176 cm³/mol.